The third-order valence-corrected chi connectivity index (χ3v) is 3.88. The molecule has 0 aliphatic heterocycles. The Kier molecular flexibility index (Phi) is 5.71. The highest BCUT2D eigenvalue weighted by Crippen LogP contribution is 2.20. The molecule has 2 aromatic rings. The second-order valence-corrected chi connectivity index (χ2v) is 5.82. The van der Waals surface area contributed by atoms with E-state index in [0.29, 0.717) is 6.54 Å². The summed E-state index contributed by atoms with van der Waals surface area (Å²) in [5, 5.41) is 2.96. The highest BCUT2D eigenvalue weighted by molar-refractivity contribution is 5.79. The number of nitrogens with zero attached hydrogens (tertiary/aromatic N) is 2. The molecule has 1 aromatic carbocycles. The molecule has 3 N–H and O–H groups in total. The first-order valence-corrected chi connectivity index (χ1v) is 7.70. The van der Waals surface area contributed by atoms with Crippen molar-refractivity contribution < 1.29 is 4.79 Å². The molecule has 23 heavy (non-hydrogen) atoms. The fourth-order valence-corrected chi connectivity index (χ4v) is 2.44. The summed E-state index contributed by atoms with van der Waals surface area (Å²) < 4.78 is 0. The smallest absolute Gasteiger partial charge is 0.225 e. The van der Waals surface area contributed by atoms with Gasteiger partial charge in [0.05, 0.1) is 5.92 Å². The van der Waals surface area contributed by atoms with Crippen LogP contribution < -0.4 is 16.0 Å². The van der Waals surface area contributed by atoms with E-state index >= 15 is 0 Å². The Bertz CT molecular complexity index is 642. The van der Waals surface area contributed by atoms with Gasteiger partial charge in [-0.2, -0.15) is 0 Å². The van der Waals surface area contributed by atoms with Crippen LogP contribution in [0.5, 0.6) is 0 Å². The third-order valence-electron chi connectivity index (χ3n) is 3.88. The molecular formula is C18H24N4O. The average Bonchev–Trinajstić information content (AvgIpc) is 2.59. The van der Waals surface area contributed by atoms with Crippen molar-refractivity contribution in [2.45, 2.75) is 19.5 Å². The fraction of sp³-hybridized carbons (Fsp3) is 0.333. The van der Waals surface area contributed by atoms with Crippen LogP contribution in [0.25, 0.3) is 0 Å². The van der Waals surface area contributed by atoms with E-state index in [4.69, 9.17) is 5.73 Å². The molecule has 1 aromatic heterocycles. The van der Waals surface area contributed by atoms with Crippen LogP contribution in [0.3, 0.4) is 0 Å². The zero-order valence-electron chi connectivity index (χ0n) is 13.9. The Morgan fingerprint density at radius 1 is 1.22 bits per heavy atom. The SMILES string of the molecule is CC(C(=O)NCc1cccnc1N(C)C)C(N)c1ccccc1. The molecule has 0 saturated carbocycles. The number of carbonyl (C=O) groups excluding carboxylic acids is 1. The van der Waals surface area contributed by atoms with E-state index in [1.54, 1.807) is 6.20 Å². The van der Waals surface area contributed by atoms with Crippen molar-refractivity contribution in [1.29, 1.82) is 0 Å². The largest absolute Gasteiger partial charge is 0.362 e. The summed E-state index contributed by atoms with van der Waals surface area (Å²) in [6, 6.07) is 13.2. The molecule has 0 saturated heterocycles. The van der Waals surface area contributed by atoms with Crippen molar-refractivity contribution in [1.82, 2.24) is 10.3 Å². The molecule has 0 spiro atoms. The molecule has 0 radical (unpaired) electrons. The maximum atomic E-state index is 12.4. The van der Waals surface area contributed by atoms with Crippen LogP contribution in [-0.4, -0.2) is 25.0 Å². The van der Waals surface area contributed by atoms with E-state index in [9.17, 15) is 4.79 Å². The number of pyridine rings is 1. The Labute approximate surface area is 137 Å². The lowest BCUT2D eigenvalue weighted by atomic mass is 9.94. The lowest BCUT2D eigenvalue weighted by Crippen LogP contribution is -2.35. The van der Waals surface area contributed by atoms with E-state index in [1.807, 2.05) is 68.4 Å². The van der Waals surface area contributed by atoms with E-state index in [0.717, 1.165) is 16.9 Å². The second kappa shape index (κ2) is 7.74. The number of carbonyl (C=O) groups is 1. The molecule has 5 heteroatoms. The molecule has 1 heterocycles. The van der Waals surface area contributed by atoms with Gasteiger partial charge >= 0.3 is 0 Å². The van der Waals surface area contributed by atoms with E-state index < -0.39 is 0 Å². The maximum absolute atomic E-state index is 12.4. The Hall–Kier alpha value is -2.40. The molecule has 2 unspecified atom stereocenters. The molecule has 0 fully saturated rings. The lowest BCUT2D eigenvalue weighted by molar-refractivity contribution is -0.125. The van der Waals surface area contributed by atoms with Crippen molar-refractivity contribution in [2.75, 3.05) is 19.0 Å². The van der Waals surface area contributed by atoms with Gasteiger partial charge in [-0.05, 0) is 11.6 Å². The number of nitrogens with two attached hydrogens (primary N) is 1. The summed E-state index contributed by atoms with van der Waals surface area (Å²) >= 11 is 0. The Morgan fingerprint density at radius 2 is 1.91 bits per heavy atom. The predicted octanol–water partition coefficient (Wildman–Crippen LogP) is 2.10. The summed E-state index contributed by atoms with van der Waals surface area (Å²) in [5.74, 6) is 0.486. The molecule has 1 amide bonds. The molecule has 5 nitrogen and oxygen atoms in total. The van der Waals surface area contributed by atoms with E-state index in [2.05, 4.69) is 10.3 Å². The van der Waals surface area contributed by atoms with Crippen molar-refractivity contribution in [3.05, 3.63) is 59.8 Å². The summed E-state index contributed by atoms with van der Waals surface area (Å²) in [7, 11) is 3.86. The molecule has 2 atom stereocenters. The number of aromatic nitrogens is 1. The summed E-state index contributed by atoms with van der Waals surface area (Å²) in [6.45, 7) is 2.29. The maximum Gasteiger partial charge on any atom is 0.225 e. The number of hydrogen-bond donors (Lipinski definition) is 2. The first-order valence-electron chi connectivity index (χ1n) is 7.70. The molecular weight excluding hydrogens is 288 g/mol. The van der Waals surface area contributed by atoms with Gasteiger partial charge in [-0.3, -0.25) is 4.79 Å². The minimum Gasteiger partial charge on any atom is -0.362 e. The van der Waals surface area contributed by atoms with Crippen molar-refractivity contribution >= 4 is 11.7 Å². The Balaban J connectivity index is 2.00. The average molecular weight is 312 g/mol. The lowest BCUT2D eigenvalue weighted by Gasteiger charge is -2.21. The summed E-state index contributed by atoms with van der Waals surface area (Å²) in [4.78, 5) is 18.7. The molecule has 0 bridgehead atoms. The number of nitrogens with one attached hydrogen (secondary N) is 1. The van der Waals surface area contributed by atoms with Crippen LogP contribution in [0.1, 0.15) is 24.1 Å². The monoisotopic (exact) mass is 312 g/mol. The van der Waals surface area contributed by atoms with E-state index in [-0.39, 0.29) is 17.9 Å². The normalized spacial score (nSPS) is 13.2. The molecule has 2 rings (SSSR count). The standard InChI is InChI=1S/C18H24N4O/c1-13(16(19)14-8-5-4-6-9-14)18(23)21-12-15-10-7-11-20-17(15)22(2)3/h4-11,13,16H,12,19H2,1-3H3,(H,21,23). The first kappa shape index (κ1) is 17.0. The van der Waals surface area contributed by atoms with Crippen molar-refractivity contribution in [2.24, 2.45) is 11.7 Å². The minimum atomic E-state index is -0.321. The highest BCUT2D eigenvalue weighted by Gasteiger charge is 2.22. The van der Waals surface area contributed by atoms with Gasteiger partial charge in [0, 0.05) is 38.4 Å². The van der Waals surface area contributed by atoms with Gasteiger partial charge in [0.2, 0.25) is 5.91 Å². The Morgan fingerprint density at radius 3 is 2.57 bits per heavy atom. The van der Waals surface area contributed by atoms with Gasteiger partial charge in [-0.1, -0.05) is 43.3 Å². The summed E-state index contributed by atoms with van der Waals surface area (Å²) in [6.07, 6.45) is 1.74. The number of amides is 1. The second-order valence-electron chi connectivity index (χ2n) is 5.82. The van der Waals surface area contributed by atoms with Crippen LogP contribution in [-0.2, 0) is 11.3 Å². The molecule has 0 aliphatic carbocycles. The topological polar surface area (TPSA) is 71.2 Å². The van der Waals surface area contributed by atoms with Gasteiger partial charge in [-0.25, -0.2) is 4.98 Å². The van der Waals surface area contributed by atoms with Crippen LogP contribution in [0.4, 0.5) is 5.82 Å². The van der Waals surface area contributed by atoms with Gasteiger partial charge in [0.1, 0.15) is 5.82 Å². The number of benzene rings is 1. The number of anilines is 1. The minimum absolute atomic E-state index is 0.0603. The predicted molar refractivity (Wildman–Crippen MR) is 92.9 cm³/mol. The first-order chi connectivity index (χ1) is 11.0. The number of hydrogen-bond acceptors (Lipinski definition) is 4. The van der Waals surface area contributed by atoms with Gasteiger partial charge in [-0.15, -0.1) is 0 Å². The van der Waals surface area contributed by atoms with Gasteiger partial charge in [0.15, 0.2) is 0 Å². The summed E-state index contributed by atoms with van der Waals surface area (Å²) in [5.41, 5.74) is 8.15. The number of rotatable bonds is 6. The quantitative estimate of drug-likeness (QED) is 0.857. The molecule has 122 valence electrons. The molecule has 0 aliphatic rings. The highest BCUT2D eigenvalue weighted by atomic mass is 16.1. The van der Waals surface area contributed by atoms with Crippen molar-refractivity contribution in [3.8, 4) is 0 Å². The zero-order chi connectivity index (χ0) is 16.8. The van der Waals surface area contributed by atoms with Crippen LogP contribution >= 0.6 is 0 Å². The van der Waals surface area contributed by atoms with Gasteiger partial charge < -0.3 is 16.0 Å². The third kappa shape index (κ3) is 4.29. The van der Waals surface area contributed by atoms with E-state index in [1.165, 1.54) is 0 Å². The zero-order valence-corrected chi connectivity index (χ0v) is 13.9. The van der Waals surface area contributed by atoms with Gasteiger partial charge in [0.25, 0.3) is 0 Å². The van der Waals surface area contributed by atoms with Crippen LogP contribution in [0.15, 0.2) is 48.7 Å². The fourth-order valence-electron chi connectivity index (χ4n) is 2.44. The van der Waals surface area contributed by atoms with Crippen LogP contribution in [0.2, 0.25) is 0 Å². The van der Waals surface area contributed by atoms with Crippen molar-refractivity contribution in [3.63, 3.8) is 0 Å². The van der Waals surface area contributed by atoms with Crippen LogP contribution in [0, 0.1) is 5.92 Å².